The second-order valence-corrected chi connectivity index (χ2v) is 7.42. The molecule has 9 heteroatoms. The molecule has 0 saturated carbocycles. The van der Waals surface area contributed by atoms with Crippen molar-refractivity contribution in [3.8, 4) is 0 Å². The van der Waals surface area contributed by atoms with Crippen LogP contribution >= 0.6 is 11.6 Å². The van der Waals surface area contributed by atoms with Crippen LogP contribution in [0.25, 0.3) is 0 Å². The lowest BCUT2D eigenvalue weighted by Gasteiger charge is -2.23. The van der Waals surface area contributed by atoms with Crippen molar-refractivity contribution < 1.29 is 23.1 Å². The summed E-state index contributed by atoms with van der Waals surface area (Å²) >= 11 is 5.89. The van der Waals surface area contributed by atoms with Crippen LogP contribution in [0.2, 0.25) is 5.02 Å². The molecule has 0 aliphatic carbocycles. The van der Waals surface area contributed by atoms with Crippen molar-refractivity contribution in [2.45, 2.75) is 18.7 Å². The number of primary amides is 1. The summed E-state index contributed by atoms with van der Waals surface area (Å²) in [6.45, 7) is 3.19. The Bertz CT molecular complexity index is 688. The second kappa shape index (κ2) is 7.08. The number of carboxylic acid groups (broad SMARTS) is 1. The molecule has 0 aliphatic rings. The van der Waals surface area contributed by atoms with Gasteiger partial charge in [0.15, 0.2) is 0 Å². The Morgan fingerprint density at radius 3 is 2.36 bits per heavy atom. The molecule has 0 aromatic heterocycles. The number of hydrogen-bond acceptors (Lipinski definition) is 4. The normalized spacial score (nSPS) is 11.9. The first-order valence-corrected chi connectivity index (χ1v) is 8.18. The summed E-state index contributed by atoms with van der Waals surface area (Å²) in [7, 11) is -4.06. The molecule has 0 atom stereocenters. The predicted molar refractivity (Wildman–Crippen MR) is 81.2 cm³/mol. The fourth-order valence-electron chi connectivity index (χ4n) is 1.81. The predicted octanol–water partition coefficient (Wildman–Crippen LogP) is 1.17. The van der Waals surface area contributed by atoms with Gasteiger partial charge >= 0.3 is 5.97 Å². The highest BCUT2D eigenvalue weighted by molar-refractivity contribution is 7.89. The van der Waals surface area contributed by atoms with E-state index in [1.807, 2.05) is 0 Å². The number of aromatic carboxylic acids is 1. The molecule has 0 saturated heterocycles. The molecular formula is C13H17ClN2O5S. The largest absolute Gasteiger partial charge is 0.478 e. The first kappa shape index (κ1) is 18.4. The van der Waals surface area contributed by atoms with Crippen LogP contribution < -0.4 is 5.73 Å². The molecule has 7 nitrogen and oxygen atoms in total. The Labute approximate surface area is 133 Å². The zero-order valence-electron chi connectivity index (χ0n) is 12.1. The molecule has 0 unspecified atom stereocenters. The molecule has 0 heterocycles. The molecule has 3 N–H and O–H groups in total. The first-order valence-electron chi connectivity index (χ1n) is 6.37. The molecule has 1 aromatic rings. The van der Waals surface area contributed by atoms with Gasteiger partial charge in [-0.15, -0.1) is 0 Å². The van der Waals surface area contributed by atoms with E-state index in [9.17, 15) is 18.0 Å². The van der Waals surface area contributed by atoms with Crippen LogP contribution in [0.5, 0.6) is 0 Å². The second-order valence-electron chi connectivity index (χ2n) is 5.11. The van der Waals surface area contributed by atoms with Gasteiger partial charge in [-0.05, 0) is 24.1 Å². The highest BCUT2D eigenvalue weighted by atomic mass is 35.5. The van der Waals surface area contributed by atoms with E-state index in [4.69, 9.17) is 22.4 Å². The summed E-state index contributed by atoms with van der Waals surface area (Å²) in [5.41, 5.74) is 4.96. The molecule has 0 fully saturated rings. The number of halogens is 1. The average Bonchev–Trinajstić information content (AvgIpc) is 2.36. The Kier molecular flexibility index (Phi) is 5.92. The molecule has 1 amide bonds. The van der Waals surface area contributed by atoms with E-state index >= 15 is 0 Å². The van der Waals surface area contributed by atoms with E-state index in [1.54, 1.807) is 13.8 Å². The highest BCUT2D eigenvalue weighted by Gasteiger charge is 2.29. The molecule has 1 rings (SSSR count). The van der Waals surface area contributed by atoms with Crippen LogP contribution in [0, 0.1) is 5.92 Å². The maximum atomic E-state index is 12.6. The Morgan fingerprint density at radius 1 is 1.36 bits per heavy atom. The Hall–Kier alpha value is -1.64. The van der Waals surface area contributed by atoms with Crippen molar-refractivity contribution in [2.24, 2.45) is 11.7 Å². The molecule has 0 bridgehead atoms. The fraction of sp³-hybridized carbons (Fsp3) is 0.385. The summed E-state index contributed by atoms with van der Waals surface area (Å²) in [5, 5.41) is 8.65. The van der Waals surface area contributed by atoms with E-state index in [2.05, 4.69) is 0 Å². The first-order chi connectivity index (χ1) is 10.1. The number of benzene rings is 1. The van der Waals surface area contributed by atoms with E-state index in [1.165, 1.54) is 0 Å². The lowest BCUT2D eigenvalue weighted by Crippen LogP contribution is -2.40. The van der Waals surface area contributed by atoms with Gasteiger partial charge in [0.05, 0.1) is 17.1 Å². The molecule has 0 spiro atoms. The average molecular weight is 349 g/mol. The number of rotatable bonds is 7. The topological polar surface area (TPSA) is 118 Å². The lowest BCUT2D eigenvalue weighted by molar-refractivity contribution is -0.118. The van der Waals surface area contributed by atoms with Gasteiger partial charge in [0.1, 0.15) is 4.90 Å². The lowest BCUT2D eigenvalue weighted by atomic mass is 10.2. The van der Waals surface area contributed by atoms with Gasteiger partial charge in [0.2, 0.25) is 15.9 Å². The summed E-state index contributed by atoms with van der Waals surface area (Å²) in [6.07, 6.45) is 0. The molecular weight excluding hydrogens is 332 g/mol. The van der Waals surface area contributed by atoms with Crippen molar-refractivity contribution in [3.05, 3.63) is 28.8 Å². The van der Waals surface area contributed by atoms with E-state index < -0.39 is 28.4 Å². The van der Waals surface area contributed by atoms with E-state index in [0.29, 0.717) is 0 Å². The number of carbonyl (C=O) groups is 2. The highest BCUT2D eigenvalue weighted by Crippen LogP contribution is 2.26. The van der Waals surface area contributed by atoms with Crippen molar-refractivity contribution in [1.29, 1.82) is 0 Å². The zero-order valence-corrected chi connectivity index (χ0v) is 13.7. The van der Waals surface area contributed by atoms with Crippen LogP contribution in [0.1, 0.15) is 24.2 Å². The summed E-state index contributed by atoms with van der Waals surface area (Å²) in [6, 6.07) is 3.29. The Morgan fingerprint density at radius 2 is 1.95 bits per heavy atom. The summed E-state index contributed by atoms with van der Waals surface area (Å²) in [4.78, 5) is 21.7. The fourth-order valence-corrected chi connectivity index (χ4v) is 3.90. The smallest absolute Gasteiger partial charge is 0.335 e. The van der Waals surface area contributed by atoms with Crippen LogP contribution in [-0.2, 0) is 14.8 Å². The third-order valence-corrected chi connectivity index (χ3v) is 4.99. The Balaban J connectivity index is 3.30. The number of sulfonamides is 1. The van der Waals surface area contributed by atoms with Crippen molar-refractivity contribution in [3.63, 3.8) is 0 Å². The van der Waals surface area contributed by atoms with Crippen molar-refractivity contribution in [1.82, 2.24) is 4.31 Å². The van der Waals surface area contributed by atoms with Crippen LogP contribution in [0.3, 0.4) is 0 Å². The van der Waals surface area contributed by atoms with Crippen LogP contribution in [0.4, 0.5) is 0 Å². The monoisotopic (exact) mass is 348 g/mol. The summed E-state index contributed by atoms with van der Waals surface area (Å²) in [5.74, 6) is -2.05. The summed E-state index contributed by atoms with van der Waals surface area (Å²) < 4.78 is 26.1. The van der Waals surface area contributed by atoms with Gasteiger partial charge in [-0.2, -0.15) is 4.31 Å². The number of hydrogen-bond donors (Lipinski definition) is 2. The minimum Gasteiger partial charge on any atom is -0.478 e. The zero-order chi connectivity index (χ0) is 17.1. The third-order valence-electron chi connectivity index (χ3n) is 2.70. The van der Waals surface area contributed by atoms with Crippen LogP contribution in [0.15, 0.2) is 23.1 Å². The van der Waals surface area contributed by atoms with Crippen LogP contribution in [-0.4, -0.2) is 42.8 Å². The molecule has 122 valence electrons. The number of carbonyl (C=O) groups excluding carboxylic acids is 1. The molecule has 22 heavy (non-hydrogen) atoms. The molecule has 1 aromatic carbocycles. The standard InChI is InChI=1S/C13H17ClN2O5S/c1-8(2)6-16(7-12(15)17)22(20,21)11-4-3-9(13(18)19)5-10(11)14/h3-5,8H,6-7H2,1-2H3,(H2,15,17)(H,18,19). The minimum atomic E-state index is -4.06. The number of carboxylic acids is 1. The maximum Gasteiger partial charge on any atom is 0.335 e. The van der Waals surface area contributed by atoms with E-state index in [-0.39, 0.29) is 27.9 Å². The minimum absolute atomic E-state index is 0.0359. The van der Waals surface area contributed by atoms with Gasteiger partial charge in [0.25, 0.3) is 0 Å². The number of nitrogens with zero attached hydrogens (tertiary/aromatic N) is 1. The van der Waals surface area contributed by atoms with Gasteiger partial charge in [-0.3, -0.25) is 4.79 Å². The molecule has 0 radical (unpaired) electrons. The van der Waals surface area contributed by atoms with E-state index in [0.717, 1.165) is 22.5 Å². The maximum absolute atomic E-state index is 12.6. The SMILES string of the molecule is CC(C)CN(CC(N)=O)S(=O)(=O)c1ccc(C(=O)O)cc1Cl. The van der Waals surface area contributed by atoms with Gasteiger partial charge in [0, 0.05) is 6.54 Å². The number of amides is 1. The van der Waals surface area contributed by atoms with Crippen molar-refractivity contribution >= 4 is 33.5 Å². The number of nitrogens with two attached hydrogens (primary N) is 1. The van der Waals surface area contributed by atoms with Gasteiger partial charge in [-0.25, -0.2) is 13.2 Å². The van der Waals surface area contributed by atoms with Crippen molar-refractivity contribution in [2.75, 3.05) is 13.1 Å². The van der Waals surface area contributed by atoms with Gasteiger partial charge in [-0.1, -0.05) is 25.4 Å². The molecule has 0 aliphatic heterocycles. The third kappa shape index (κ3) is 4.43. The quantitative estimate of drug-likeness (QED) is 0.766. The van der Waals surface area contributed by atoms with Gasteiger partial charge < -0.3 is 10.8 Å².